The maximum atomic E-state index is 12.9. The number of hydrogen-bond donors (Lipinski definition) is 0. The lowest BCUT2D eigenvalue weighted by atomic mass is 10.1. The summed E-state index contributed by atoms with van der Waals surface area (Å²) in [5.41, 5.74) is 0.137. The summed E-state index contributed by atoms with van der Waals surface area (Å²) in [5, 5.41) is 4.07. The zero-order valence-corrected chi connectivity index (χ0v) is 8.41. The fraction of sp³-hybridized carbons (Fsp3) is 0.625. The first kappa shape index (κ1) is 9.52. The highest BCUT2D eigenvalue weighted by Crippen LogP contribution is 2.24. The lowest BCUT2D eigenvalue weighted by molar-refractivity contribution is 0.343. The smallest absolute Gasteiger partial charge is 0.237 e. The van der Waals surface area contributed by atoms with E-state index >= 15 is 0 Å². The van der Waals surface area contributed by atoms with Crippen LogP contribution in [-0.2, 0) is 5.54 Å². The van der Waals surface area contributed by atoms with Gasteiger partial charge in [-0.1, -0.05) is 11.6 Å². The van der Waals surface area contributed by atoms with E-state index in [1.54, 1.807) is 6.92 Å². The van der Waals surface area contributed by atoms with Crippen molar-refractivity contribution in [1.29, 1.82) is 0 Å². The number of rotatable bonds is 0. The van der Waals surface area contributed by atoms with Gasteiger partial charge in [0.25, 0.3) is 0 Å². The molecule has 12 heavy (non-hydrogen) atoms. The average Bonchev–Trinajstić information content (AvgIpc) is 2.15. The van der Waals surface area contributed by atoms with Gasteiger partial charge in [0.1, 0.15) is 5.15 Å². The average molecular weight is 191 g/mol. The molecule has 0 aromatic carbocycles. The molecular weight excluding hydrogens is 179 g/mol. The van der Waals surface area contributed by atoms with Gasteiger partial charge in [-0.05, 0) is 27.7 Å². The van der Waals surface area contributed by atoms with Crippen LogP contribution in [0.5, 0.6) is 0 Å². The molecule has 0 aliphatic rings. The summed E-state index contributed by atoms with van der Waals surface area (Å²) in [6.07, 6.45) is 0. The molecule has 0 amide bonds. The van der Waals surface area contributed by atoms with Crippen LogP contribution in [0.25, 0.3) is 0 Å². The van der Waals surface area contributed by atoms with Gasteiger partial charge in [0.05, 0.1) is 5.54 Å². The highest BCUT2D eigenvalue weighted by Gasteiger charge is 2.21. The molecule has 0 spiro atoms. The van der Waals surface area contributed by atoms with Crippen molar-refractivity contribution in [1.82, 2.24) is 9.78 Å². The molecule has 68 valence electrons. The molecule has 1 aromatic heterocycles. The van der Waals surface area contributed by atoms with E-state index in [2.05, 4.69) is 5.10 Å². The van der Waals surface area contributed by atoms with E-state index in [-0.39, 0.29) is 5.54 Å². The first-order valence-electron chi connectivity index (χ1n) is 3.75. The SMILES string of the molecule is Cc1c(F)nn(C(C)(C)C)c1Cl. The Hall–Kier alpha value is -0.570. The lowest BCUT2D eigenvalue weighted by Crippen LogP contribution is -2.23. The van der Waals surface area contributed by atoms with Gasteiger partial charge in [0.2, 0.25) is 5.95 Å². The van der Waals surface area contributed by atoms with E-state index in [4.69, 9.17) is 11.6 Å². The van der Waals surface area contributed by atoms with Gasteiger partial charge in [-0.15, -0.1) is 5.10 Å². The molecule has 2 nitrogen and oxygen atoms in total. The van der Waals surface area contributed by atoms with Crippen molar-refractivity contribution in [3.63, 3.8) is 0 Å². The fourth-order valence-corrected chi connectivity index (χ4v) is 1.26. The second-order valence-electron chi connectivity index (χ2n) is 3.79. The van der Waals surface area contributed by atoms with Crippen LogP contribution in [0.4, 0.5) is 4.39 Å². The van der Waals surface area contributed by atoms with Gasteiger partial charge in [-0.25, -0.2) is 4.68 Å². The Morgan fingerprint density at radius 2 is 1.92 bits per heavy atom. The van der Waals surface area contributed by atoms with Crippen LogP contribution in [0.15, 0.2) is 0 Å². The summed E-state index contributed by atoms with van der Waals surface area (Å²) in [6, 6.07) is 0. The fourth-order valence-electron chi connectivity index (χ4n) is 0.895. The highest BCUT2D eigenvalue weighted by molar-refractivity contribution is 6.30. The van der Waals surface area contributed by atoms with E-state index < -0.39 is 5.95 Å². The molecule has 0 atom stereocenters. The summed E-state index contributed by atoms with van der Waals surface area (Å²) in [4.78, 5) is 0. The molecule has 0 radical (unpaired) electrons. The molecule has 0 saturated heterocycles. The Labute approximate surface area is 76.3 Å². The number of nitrogens with zero attached hydrogens (tertiary/aromatic N) is 2. The van der Waals surface area contributed by atoms with Crippen LogP contribution < -0.4 is 0 Å². The van der Waals surface area contributed by atoms with Gasteiger partial charge < -0.3 is 0 Å². The quantitative estimate of drug-likeness (QED) is 0.615. The Bertz CT molecular complexity index is 299. The molecule has 0 fully saturated rings. The van der Waals surface area contributed by atoms with Crippen LogP contribution in [-0.4, -0.2) is 9.78 Å². The number of hydrogen-bond acceptors (Lipinski definition) is 1. The number of aromatic nitrogens is 2. The Morgan fingerprint density at radius 3 is 2.08 bits per heavy atom. The zero-order valence-electron chi connectivity index (χ0n) is 7.65. The molecule has 0 N–H and O–H groups in total. The van der Waals surface area contributed by atoms with Gasteiger partial charge in [0, 0.05) is 5.56 Å². The second-order valence-corrected chi connectivity index (χ2v) is 4.15. The van der Waals surface area contributed by atoms with Crippen LogP contribution >= 0.6 is 11.6 Å². The predicted molar refractivity (Wildman–Crippen MR) is 46.9 cm³/mol. The van der Waals surface area contributed by atoms with Crippen molar-refractivity contribution >= 4 is 11.6 Å². The molecule has 1 heterocycles. The Kier molecular flexibility index (Phi) is 2.17. The molecule has 1 rings (SSSR count). The van der Waals surface area contributed by atoms with Crippen LogP contribution in [0.3, 0.4) is 0 Å². The molecule has 1 aromatic rings. The van der Waals surface area contributed by atoms with Crippen LogP contribution in [0, 0.1) is 12.9 Å². The van der Waals surface area contributed by atoms with Crippen molar-refractivity contribution in [2.24, 2.45) is 0 Å². The van der Waals surface area contributed by atoms with Crippen molar-refractivity contribution in [3.05, 3.63) is 16.7 Å². The molecule has 0 aliphatic carbocycles. The summed E-state index contributed by atoms with van der Waals surface area (Å²) in [6.45, 7) is 7.38. The van der Waals surface area contributed by atoms with E-state index in [0.29, 0.717) is 10.7 Å². The van der Waals surface area contributed by atoms with E-state index in [1.165, 1.54) is 4.68 Å². The second kappa shape index (κ2) is 2.73. The van der Waals surface area contributed by atoms with E-state index in [0.717, 1.165) is 0 Å². The normalized spacial score (nSPS) is 12.2. The first-order chi connectivity index (χ1) is 5.34. The van der Waals surface area contributed by atoms with Crippen molar-refractivity contribution < 1.29 is 4.39 Å². The van der Waals surface area contributed by atoms with Crippen molar-refractivity contribution in [3.8, 4) is 0 Å². The summed E-state index contributed by atoms with van der Waals surface area (Å²) in [7, 11) is 0. The van der Waals surface area contributed by atoms with Gasteiger partial charge in [0.15, 0.2) is 0 Å². The molecule has 4 heteroatoms. The maximum Gasteiger partial charge on any atom is 0.237 e. The van der Waals surface area contributed by atoms with Gasteiger partial charge in [-0.3, -0.25) is 0 Å². The maximum absolute atomic E-state index is 12.9. The van der Waals surface area contributed by atoms with Crippen LogP contribution in [0.2, 0.25) is 5.15 Å². The zero-order chi connectivity index (χ0) is 9.52. The predicted octanol–water partition coefficient (Wildman–Crippen LogP) is 2.74. The van der Waals surface area contributed by atoms with Gasteiger partial charge in [-0.2, -0.15) is 4.39 Å². The highest BCUT2D eigenvalue weighted by atomic mass is 35.5. The topological polar surface area (TPSA) is 17.8 Å². The van der Waals surface area contributed by atoms with E-state index in [1.807, 2.05) is 20.8 Å². The third kappa shape index (κ3) is 1.46. The Balaban J connectivity index is 3.28. The third-order valence-corrected chi connectivity index (χ3v) is 2.07. The first-order valence-corrected chi connectivity index (χ1v) is 4.13. The van der Waals surface area contributed by atoms with Crippen LogP contribution in [0.1, 0.15) is 26.3 Å². The van der Waals surface area contributed by atoms with E-state index in [9.17, 15) is 4.39 Å². The summed E-state index contributed by atoms with van der Waals surface area (Å²) in [5.74, 6) is -0.491. The monoisotopic (exact) mass is 190 g/mol. The number of halogens is 2. The largest absolute Gasteiger partial charge is 0.246 e. The summed E-state index contributed by atoms with van der Waals surface area (Å²) >= 11 is 5.86. The molecule has 0 aliphatic heterocycles. The Morgan fingerprint density at radius 1 is 1.42 bits per heavy atom. The summed E-state index contributed by atoms with van der Waals surface area (Å²) < 4.78 is 14.4. The minimum Gasteiger partial charge on any atom is -0.246 e. The molecule has 0 bridgehead atoms. The minimum absolute atomic E-state index is 0.272. The van der Waals surface area contributed by atoms with Gasteiger partial charge >= 0.3 is 0 Å². The molecule has 0 unspecified atom stereocenters. The lowest BCUT2D eigenvalue weighted by Gasteiger charge is -2.19. The molecular formula is C8H12ClFN2. The molecule has 0 saturated carbocycles. The minimum atomic E-state index is -0.491. The third-order valence-electron chi connectivity index (χ3n) is 1.63. The standard InChI is InChI=1S/C8H12ClFN2/c1-5-6(9)12(8(2,3)4)11-7(5)10/h1-4H3. The van der Waals surface area contributed by atoms with Crippen molar-refractivity contribution in [2.45, 2.75) is 33.2 Å². The van der Waals surface area contributed by atoms with Crippen molar-refractivity contribution in [2.75, 3.05) is 0 Å².